The average molecular weight is 470 g/mol. The van der Waals surface area contributed by atoms with E-state index in [1.807, 2.05) is 38.1 Å². The van der Waals surface area contributed by atoms with Crippen LogP contribution in [0.15, 0.2) is 48.5 Å². The van der Waals surface area contributed by atoms with E-state index in [0.717, 1.165) is 11.1 Å². The fourth-order valence-corrected chi connectivity index (χ4v) is 3.61. The van der Waals surface area contributed by atoms with Gasteiger partial charge in [-0.25, -0.2) is 4.79 Å². The molecule has 2 unspecified atom stereocenters. The third kappa shape index (κ3) is 7.05. The number of anilines is 1. The zero-order chi connectivity index (χ0) is 25.5. The molecule has 0 aliphatic heterocycles. The molecule has 0 spiro atoms. The van der Waals surface area contributed by atoms with E-state index >= 15 is 0 Å². The molecular weight excluding hydrogens is 434 g/mol. The first-order chi connectivity index (χ1) is 16.0. The Kier molecular flexibility index (Phi) is 9.20. The van der Waals surface area contributed by atoms with E-state index in [0.29, 0.717) is 11.3 Å². The largest absolute Gasteiger partial charge is 0.444 e. The van der Waals surface area contributed by atoms with E-state index in [-0.39, 0.29) is 6.54 Å². The lowest BCUT2D eigenvalue weighted by Crippen LogP contribution is -2.53. The van der Waals surface area contributed by atoms with Crippen LogP contribution >= 0.6 is 0 Å². The lowest BCUT2D eigenvalue weighted by molar-refractivity contribution is -0.141. The Balaban J connectivity index is 2.38. The van der Waals surface area contributed by atoms with Gasteiger partial charge in [-0.1, -0.05) is 48.5 Å². The van der Waals surface area contributed by atoms with E-state index < -0.39 is 42.2 Å². The van der Waals surface area contributed by atoms with Gasteiger partial charge in [-0.2, -0.15) is 0 Å². The number of ether oxygens (including phenoxy) is 1. The highest BCUT2D eigenvalue weighted by molar-refractivity contribution is 5.99. The number of aryl methyl sites for hydroxylation is 2. The summed E-state index contributed by atoms with van der Waals surface area (Å²) in [7, 11) is 0. The molecule has 2 aromatic rings. The highest BCUT2D eigenvalue weighted by atomic mass is 16.6. The molecule has 3 N–H and O–H groups in total. The molecule has 8 heteroatoms. The minimum Gasteiger partial charge on any atom is -0.444 e. The molecule has 0 heterocycles. The molecule has 2 rings (SSSR count). The SMILES string of the molecule is CCN(C(=O)C(CO)NC(=O)OC(C)(C)C)C(C(=O)Nc1c(C)cccc1C)c1ccccc1. The molecule has 2 atom stereocenters. The summed E-state index contributed by atoms with van der Waals surface area (Å²) in [6.45, 7) is 10.2. The van der Waals surface area contributed by atoms with Crippen molar-refractivity contribution in [2.24, 2.45) is 0 Å². The lowest BCUT2D eigenvalue weighted by atomic mass is 10.0. The lowest BCUT2D eigenvalue weighted by Gasteiger charge is -2.33. The fraction of sp³-hybridized carbons (Fsp3) is 0.423. The first kappa shape index (κ1) is 26.9. The van der Waals surface area contributed by atoms with Gasteiger partial charge in [-0.3, -0.25) is 9.59 Å². The zero-order valence-corrected chi connectivity index (χ0v) is 20.7. The molecule has 0 saturated carbocycles. The van der Waals surface area contributed by atoms with Gasteiger partial charge in [0.05, 0.1) is 6.61 Å². The van der Waals surface area contributed by atoms with Gasteiger partial charge in [0.25, 0.3) is 5.91 Å². The van der Waals surface area contributed by atoms with Crippen molar-refractivity contribution in [1.82, 2.24) is 10.2 Å². The summed E-state index contributed by atoms with van der Waals surface area (Å²) in [5.74, 6) is -0.992. The predicted molar refractivity (Wildman–Crippen MR) is 131 cm³/mol. The van der Waals surface area contributed by atoms with Crippen LogP contribution in [0.2, 0.25) is 0 Å². The van der Waals surface area contributed by atoms with Crippen LogP contribution in [0, 0.1) is 13.8 Å². The Bertz CT molecular complexity index is 981. The smallest absolute Gasteiger partial charge is 0.408 e. The second kappa shape index (κ2) is 11.7. The summed E-state index contributed by atoms with van der Waals surface area (Å²) in [5, 5.41) is 15.3. The molecule has 184 valence electrons. The Hall–Kier alpha value is -3.39. The third-order valence-electron chi connectivity index (χ3n) is 5.20. The van der Waals surface area contributed by atoms with Crippen LogP contribution in [0.3, 0.4) is 0 Å². The van der Waals surface area contributed by atoms with Crippen LogP contribution in [0.25, 0.3) is 0 Å². The standard InChI is InChI=1S/C26H35N3O5/c1-7-29(24(32)20(16-30)27-25(33)34-26(4,5)6)22(19-14-9-8-10-15-19)23(31)28-21-17(2)12-11-13-18(21)3/h8-15,20,22,30H,7,16H2,1-6H3,(H,27,33)(H,28,31). The van der Waals surface area contributed by atoms with Gasteiger partial charge in [-0.15, -0.1) is 0 Å². The first-order valence-corrected chi connectivity index (χ1v) is 11.3. The van der Waals surface area contributed by atoms with Crippen molar-refractivity contribution in [2.75, 3.05) is 18.5 Å². The van der Waals surface area contributed by atoms with Gasteiger partial charge in [0.1, 0.15) is 17.7 Å². The minimum absolute atomic E-state index is 0.172. The number of nitrogens with zero attached hydrogens (tertiary/aromatic N) is 1. The maximum atomic E-state index is 13.6. The maximum absolute atomic E-state index is 13.6. The molecule has 2 aromatic carbocycles. The summed E-state index contributed by atoms with van der Waals surface area (Å²) in [5.41, 5.74) is 2.32. The van der Waals surface area contributed by atoms with Crippen molar-refractivity contribution in [2.45, 2.75) is 59.2 Å². The predicted octanol–water partition coefficient (Wildman–Crippen LogP) is 3.72. The molecule has 8 nitrogen and oxygen atoms in total. The molecule has 0 aliphatic rings. The number of benzene rings is 2. The van der Waals surface area contributed by atoms with Crippen LogP contribution in [-0.2, 0) is 14.3 Å². The number of rotatable bonds is 8. The van der Waals surface area contributed by atoms with Crippen LogP contribution in [-0.4, -0.2) is 52.7 Å². The first-order valence-electron chi connectivity index (χ1n) is 11.3. The van der Waals surface area contributed by atoms with Crippen molar-refractivity contribution in [3.63, 3.8) is 0 Å². The number of amides is 3. The molecule has 0 aliphatic carbocycles. The monoisotopic (exact) mass is 469 g/mol. The molecule has 0 fully saturated rings. The second-order valence-electron chi connectivity index (χ2n) is 9.07. The van der Waals surface area contributed by atoms with Crippen molar-refractivity contribution < 1.29 is 24.2 Å². The summed E-state index contributed by atoms with van der Waals surface area (Å²) >= 11 is 0. The zero-order valence-electron chi connectivity index (χ0n) is 20.7. The number of para-hydroxylation sites is 1. The minimum atomic E-state index is -1.27. The number of alkyl carbamates (subject to hydrolysis) is 1. The highest BCUT2D eigenvalue weighted by Crippen LogP contribution is 2.26. The van der Waals surface area contributed by atoms with Crippen molar-refractivity contribution in [3.05, 3.63) is 65.2 Å². The Labute approximate surface area is 201 Å². The van der Waals surface area contributed by atoms with E-state index in [4.69, 9.17) is 4.74 Å². The topological polar surface area (TPSA) is 108 Å². The van der Waals surface area contributed by atoms with Gasteiger partial charge < -0.3 is 25.4 Å². The highest BCUT2D eigenvalue weighted by Gasteiger charge is 2.35. The molecule has 0 saturated heterocycles. The quantitative estimate of drug-likeness (QED) is 0.546. The van der Waals surface area contributed by atoms with Crippen molar-refractivity contribution >= 4 is 23.6 Å². The van der Waals surface area contributed by atoms with Gasteiger partial charge in [0, 0.05) is 12.2 Å². The molecule has 3 amide bonds. The van der Waals surface area contributed by atoms with E-state index in [1.165, 1.54) is 4.90 Å². The number of hydrogen-bond acceptors (Lipinski definition) is 5. The molecule has 0 aromatic heterocycles. The molecular formula is C26H35N3O5. The number of aliphatic hydroxyl groups excluding tert-OH is 1. The van der Waals surface area contributed by atoms with Gasteiger partial charge in [0.15, 0.2) is 0 Å². The van der Waals surface area contributed by atoms with Crippen LogP contribution < -0.4 is 10.6 Å². The summed E-state index contributed by atoms with van der Waals surface area (Å²) in [6, 6.07) is 12.4. The number of carbonyl (C=O) groups is 3. The number of likely N-dealkylation sites (N-methyl/N-ethyl adjacent to an activating group) is 1. The number of carbonyl (C=O) groups excluding carboxylic acids is 3. The Morgan fingerprint density at radius 2 is 1.59 bits per heavy atom. The van der Waals surface area contributed by atoms with Crippen LogP contribution in [0.4, 0.5) is 10.5 Å². The van der Waals surface area contributed by atoms with E-state index in [1.54, 1.807) is 52.0 Å². The van der Waals surface area contributed by atoms with Crippen molar-refractivity contribution in [1.29, 1.82) is 0 Å². The molecule has 0 bridgehead atoms. The maximum Gasteiger partial charge on any atom is 0.408 e. The normalized spacial score (nSPS) is 12.9. The Morgan fingerprint density at radius 3 is 2.09 bits per heavy atom. The summed E-state index contributed by atoms with van der Waals surface area (Å²) in [4.78, 5) is 40.6. The summed E-state index contributed by atoms with van der Waals surface area (Å²) in [6.07, 6.45) is -0.827. The average Bonchev–Trinajstić information content (AvgIpc) is 2.77. The number of nitrogens with one attached hydrogen (secondary N) is 2. The van der Waals surface area contributed by atoms with Crippen LogP contribution in [0.1, 0.15) is 50.4 Å². The van der Waals surface area contributed by atoms with Gasteiger partial charge >= 0.3 is 6.09 Å². The third-order valence-corrected chi connectivity index (χ3v) is 5.20. The number of hydrogen-bond donors (Lipinski definition) is 3. The molecule has 34 heavy (non-hydrogen) atoms. The summed E-state index contributed by atoms with van der Waals surface area (Å²) < 4.78 is 5.22. The fourth-order valence-electron chi connectivity index (χ4n) is 3.61. The van der Waals surface area contributed by atoms with Crippen molar-refractivity contribution in [3.8, 4) is 0 Å². The molecule has 0 radical (unpaired) electrons. The van der Waals surface area contributed by atoms with Crippen LogP contribution in [0.5, 0.6) is 0 Å². The number of aliphatic hydroxyl groups is 1. The van der Waals surface area contributed by atoms with E-state index in [9.17, 15) is 19.5 Å². The van der Waals surface area contributed by atoms with E-state index in [2.05, 4.69) is 10.6 Å². The second-order valence-corrected chi connectivity index (χ2v) is 9.07. The van der Waals surface area contributed by atoms with Gasteiger partial charge in [0.2, 0.25) is 5.91 Å². The van der Waals surface area contributed by atoms with Gasteiger partial charge in [-0.05, 0) is 58.2 Å². The Morgan fingerprint density at radius 1 is 1.00 bits per heavy atom.